The van der Waals surface area contributed by atoms with E-state index in [-0.39, 0.29) is 12.4 Å². The summed E-state index contributed by atoms with van der Waals surface area (Å²) in [6, 6.07) is 14.8. The van der Waals surface area contributed by atoms with Gasteiger partial charge in [-0.2, -0.15) is 0 Å². The van der Waals surface area contributed by atoms with Gasteiger partial charge in [-0.05, 0) is 73.4 Å². The van der Waals surface area contributed by atoms with E-state index in [2.05, 4.69) is 47.1 Å². The van der Waals surface area contributed by atoms with Gasteiger partial charge in [0.2, 0.25) is 0 Å². The van der Waals surface area contributed by atoms with Crippen molar-refractivity contribution in [1.82, 2.24) is 0 Å². The quantitative estimate of drug-likeness (QED) is 0.688. The van der Waals surface area contributed by atoms with Gasteiger partial charge >= 0.3 is 0 Å². The first-order valence-electron chi connectivity index (χ1n) is 10.6. The Morgan fingerprint density at radius 3 is 2.38 bits per heavy atom. The fourth-order valence-electron chi connectivity index (χ4n) is 4.14. The van der Waals surface area contributed by atoms with Crippen LogP contribution in [0.4, 0.5) is 5.69 Å². The van der Waals surface area contributed by atoms with Crippen molar-refractivity contribution < 1.29 is 9.90 Å². The first-order valence-corrected chi connectivity index (χ1v) is 10.6. The molecule has 2 aromatic rings. The molecule has 1 aliphatic rings. The van der Waals surface area contributed by atoms with Crippen LogP contribution in [0.1, 0.15) is 44.2 Å². The summed E-state index contributed by atoms with van der Waals surface area (Å²) in [6.45, 7) is 8.57. The molecule has 29 heavy (non-hydrogen) atoms. The van der Waals surface area contributed by atoms with Gasteiger partial charge in [0.1, 0.15) is 0 Å². The maximum Gasteiger partial charge on any atom is 0.173 e. The zero-order chi connectivity index (χ0) is 20.8. The van der Waals surface area contributed by atoms with Crippen molar-refractivity contribution in [3.8, 4) is 11.1 Å². The molecule has 0 bridgehead atoms. The van der Waals surface area contributed by atoms with E-state index in [1.807, 2.05) is 19.1 Å². The minimum atomic E-state index is 0.0758. The highest BCUT2D eigenvalue weighted by Gasteiger charge is 2.22. The zero-order valence-electron chi connectivity index (χ0n) is 17.8. The van der Waals surface area contributed by atoms with Crippen molar-refractivity contribution in [2.75, 3.05) is 24.5 Å². The number of aliphatic imine (C=N–C) groups is 1. The highest BCUT2D eigenvalue weighted by Crippen LogP contribution is 2.30. The number of carbonyl (C=O) groups excluding carboxylic acids is 1. The summed E-state index contributed by atoms with van der Waals surface area (Å²) in [4.78, 5) is 18.6. The van der Waals surface area contributed by atoms with Crippen molar-refractivity contribution in [2.45, 2.75) is 46.6 Å². The van der Waals surface area contributed by atoms with E-state index in [0.717, 1.165) is 43.6 Å². The van der Waals surface area contributed by atoms with Crippen LogP contribution in [-0.2, 0) is 11.4 Å². The highest BCUT2D eigenvalue weighted by molar-refractivity contribution is 6.39. The van der Waals surface area contributed by atoms with Crippen LogP contribution in [0.25, 0.3) is 11.1 Å². The Labute approximate surface area is 174 Å². The third-order valence-corrected chi connectivity index (χ3v) is 5.87. The number of carbonyl (C=O) groups is 1. The Morgan fingerprint density at radius 1 is 1.14 bits per heavy atom. The maximum absolute atomic E-state index is 11.8. The van der Waals surface area contributed by atoms with Crippen LogP contribution in [0.5, 0.6) is 0 Å². The summed E-state index contributed by atoms with van der Waals surface area (Å²) < 4.78 is 0. The topological polar surface area (TPSA) is 52.9 Å². The number of aliphatic hydroxyl groups excluding tert-OH is 1. The second-order valence-corrected chi connectivity index (χ2v) is 7.97. The van der Waals surface area contributed by atoms with Gasteiger partial charge in [0, 0.05) is 32.2 Å². The third kappa shape index (κ3) is 5.33. The lowest BCUT2D eigenvalue weighted by Gasteiger charge is -2.34. The van der Waals surface area contributed by atoms with Gasteiger partial charge in [0.05, 0.1) is 12.3 Å². The number of anilines is 1. The Morgan fingerprint density at radius 2 is 1.83 bits per heavy atom. The summed E-state index contributed by atoms with van der Waals surface area (Å²) in [5, 5.41) is 9.23. The summed E-state index contributed by atoms with van der Waals surface area (Å²) in [5.41, 5.74) is 6.63. The van der Waals surface area contributed by atoms with E-state index in [9.17, 15) is 9.90 Å². The van der Waals surface area contributed by atoms with Crippen LogP contribution in [0.3, 0.4) is 0 Å². The number of hydrogen-bond acceptors (Lipinski definition) is 4. The van der Waals surface area contributed by atoms with Gasteiger partial charge in [-0.15, -0.1) is 0 Å². The van der Waals surface area contributed by atoms with Crippen molar-refractivity contribution in [3.05, 3.63) is 53.6 Å². The van der Waals surface area contributed by atoms with Crippen LogP contribution in [-0.4, -0.2) is 36.2 Å². The number of ketones is 1. The molecule has 4 nitrogen and oxygen atoms in total. The molecular weight excluding hydrogens is 360 g/mol. The van der Waals surface area contributed by atoms with Crippen LogP contribution < -0.4 is 4.90 Å². The molecule has 0 atom stereocenters. The molecule has 4 heteroatoms. The Kier molecular flexibility index (Phi) is 7.21. The third-order valence-electron chi connectivity index (χ3n) is 5.87. The first kappa shape index (κ1) is 21.3. The maximum atomic E-state index is 11.8. The van der Waals surface area contributed by atoms with Crippen LogP contribution >= 0.6 is 0 Å². The number of rotatable bonds is 7. The van der Waals surface area contributed by atoms with Crippen molar-refractivity contribution >= 4 is 17.2 Å². The Bertz CT molecular complexity index is 863. The number of aryl methyl sites for hydroxylation is 1. The van der Waals surface area contributed by atoms with E-state index < -0.39 is 0 Å². The number of piperidine rings is 1. The van der Waals surface area contributed by atoms with Gasteiger partial charge in [-0.3, -0.25) is 9.79 Å². The molecule has 2 aromatic carbocycles. The lowest BCUT2D eigenvalue weighted by Crippen LogP contribution is -2.34. The monoisotopic (exact) mass is 392 g/mol. The normalized spacial score (nSPS) is 15.6. The number of hydrogen-bond donors (Lipinski definition) is 1. The Balaban J connectivity index is 1.64. The summed E-state index contributed by atoms with van der Waals surface area (Å²) >= 11 is 0. The van der Waals surface area contributed by atoms with Crippen LogP contribution in [0.15, 0.2) is 47.5 Å². The van der Waals surface area contributed by atoms with Crippen LogP contribution in [0.2, 0.25) is 0 Å². The molecule has 0 saturated carbocycles. The minimum absolute atomic E-state index is 0.0758. The second-order valence-electron chi connectivity index (χ2n) is 7.97. The fourth-order valence-corrected chi connectivity index (χ4v) is 4.14. The highest BCUT2D eigenvalue weighted by atomic mass is 16.3. The molecule has 0 unspecified atom stereocenters. The smallest absolute Gasteiger partial charge is 0.173 e. The van der Waals surface area contributed by atoms with Crippen molar-refractivity contribution in [1.29, 1.82) is 0 Å². The summed E-state index contributed by atoms with van der Waals surface area (Å²) in [6.07, 6.45) is 3.01. The predicted molar refractivity (Wildman–Crippen MR) is 121 cm³/mol. The molecule has 3 rings (SSSR count). The van der Waals surface area contributed by atoms with Crippen molar-refractivity contribution in [2.24, 2.45) is 10.9 Å². The number of Topliss-reactive ketones (excluding diaryl/α,β-unsaturated/α-hetero) is 1. The fraction of sp³-hybridized carbons (Fsp3) is 0.440. The molecule has 1 N–H and O–H groups in total. The van der Waals surface area contributed by atoms with Gasteiger partial charge in [-0.25, -0.2) is 0 Å². The van der Waals surface area contributed by atoms with E-state index in [1.54, 1.807) is 6.92 Å². The van der Waals surface area contributed by atoms with Crippen molar-refractivity contribution in [3.63, 3.8) is 0 Å². The molecule has 0 amide bonds. The van der Waals surface area contributed by atoms with Gasteiger partial charge in [0.15, 0.2) is 5.78 Å². The first-order chi connectivity index (χ1) is 14.0. The van der Waals surface area contributed by atoms with E-state index >= 15 is 0 Å². The van der Waals surface area contributed by atoms with Gasteiger partial charge in [0.25, 0.3) is 0 Å². The molecule has 0 spiro atoms. The molecule has 1 fully saturated rings. The average Bonchev–Trinajstić information content (AvgIpc) is 2.74. The molecule has 1 aliphatic heterocycles. The Hall–Kier alpha value is -2.46. The van der Waals surface area contributed by atoms with Gasteiger partial charge < -0.3 is 10.0 Å². The summed E-state index contributed by atoms with van der Waals surface area (Å²) in [5.74, 6) is 0.665. The second kappa shape index (κ2) is 9.84. The zero-order valence-corrected chi connectivity index (χ0v) is 17.8. The molecule has 154 valence electrons. The van der Waals surface area contributed by atoms with E-state index in [0.29, 0.717) is 12.5 Å². The SMILES string of the molecule is CCN=C(CC1CCN(c2ccc(-c3ccc(CO)cc3)c(C)c2)CC1)C(C)=O. The molecule has 0 aromatic heterocycles. The molecule has 0 aliphatic carbocycles. The lowest BCUT2D eigenvalue weighted by atomic mass is 9.90. The lowest BCUT2D eigenvalue weighted by molar-refractivity contribution is -0.111. The molecular formula is C25H32N2O2. The largest absolute Gasteiger partial charge is 0.392 e. The number of nitrogens with zero attached hydrogens (tertiary/aromatic N) is 2. The standard InChI is InChI=1S/C25H32N2O2/c1-4-26-25(19(3)29)16-20-11-13-27(14-12-20)23-9-10-24(18(2)15-23)22-7-5-21(17-28)6-8-22/h5-10,15,20,28H,4,11-14,16-17H2,1-3H3. The molecule has 1 saturated heterocycles. The van der Waals surface area contributed by atoms with Crippen LogP contribution in [0, 0.1) is 12.8 Å². The minimum Gasteiger partial charge on any atom is -0.392 e. The summed E-state index contributed by atoms with van der Waals surface area (Å²) in [7, 11) is 0. The molecule has 0 radical (unpaired) electrons. The van der Waals surface area contributed by atoms with Gasteiger partial charge in [-0.1, -0.05) is 30.3 Å². The van der Waals surface area contributed by atoms with E-state index in [4.69, 9.17) is 0 Å². The predicted octanol–water partition coefficient (Wildman–Crippen LogP) is 4.81. The average molecular weight is 393 g/mol. The number of aliphatic hydroxyl groups is 1. The molecule has 1 heterocycles. The van der Waals surface area contributed by atoms with E-state index in [1.165, 1.54) is 22.4 Å². The number of benzene rings is 2.